The summed E-state index contributed by atoms with van der Waals surface area (Å²) in [5.41, 5.74) is 1.05. The van der Waals surface area contributed by atoms with E-state index >= 15 is 0 Å². The van der Waals surface area contributed by atoms with E-state index in [2.05, 4.69) is 22.5 Å². The molecule has 2 heterocycles. The third-order valence-corrected chi connectivity index (χ3v) is 5.73. The van der Waals surface area contributed by atoms with Crippen LogP contribution in [0.2, 0.25) is 0 Å². The highest BCUT2D eigenvalue weighted by Gasteiger charge is 2.26. The molecule has 7 nitrogen and oxygen atoms in total. The average molecular weight is 367 g/mol. The number of thiophene rings is 1. The third-order valence-electron chi connectivity index (χ3n) is 4.61. The fraction of sp³-hybridized carbons (Fsp3) is 0.588. The predicted octanol–water partition coefficient (Wildman–Crippen LogP) is 1.69. The van der Waals surface area contributed by atoms with Crippen LogP contribution in [-0.4, -0.2) is 55.5 Å². The van der Waals surface area contributed by atoms with Crippen LogP contribution >= 0.6 is 11.3 Å². The second kappa shape index (κ2) is 8.44. The summed E-state index contributed by atoms with van der Waals surface area (Å²) >= 11 is 1.26. The van der Waals surface area contributed by atoms with E-state index in [1.54, 1.807) is 6.92 Å². The number of nitrogens with one attached hydrogen (secondary N) is 2. The zero-order valence-electron chi connectivity index (χ0n) is 15.1. The molecular weight excluding hydrogens is 342 g/mol. The number of amides is 2. The molecule has 2 rings (SSSR count). The maximum atomic E-state index is 12.2. The van der Waals surface area contributed by atoms with Crippen LogP contribution in [-0.2, 0) is 14.3 Å². The summed E-state index contributed by atoms with van der Waals surface area (Å²) in [6, 6.07) is 0.276. The summed E-state index contributed by atoms with van der Waals surface area (Å²) in [6.07, 6.45) is 2.13. The minimum absolute atomic E-state index is 0.276. The van der Waals surface area contributed by atoms with E-state index in [4.69, 9.17) is 4.74 Å². The number of methoxy groups -OCH3 is 1. The Bertz CT molecular complexity index is 671. The fourth-order valence-electron chi connectivity index (χ4n) is 3.06. The second-order valence-electron chi connectivity index (χ2n) is 6.07. The second-order valence-corrected chi connectivity index (χ2v) is 7.29. The molecule has 2 amide bonds. The number of rotatable bonds is 5. The number of aryl methyl sites for hydroxylation is 1. The maximum absolute atomic E-state index is 12.2. The number of hydrogen-bond donors (Lipinski definition) is 2. The molecule has 2 N–H and O–H groups in total. The first-order valence-electron chi connectivity index (χ1n) is 8.40. The van der Waals surface area contributed by atoms with Crippen molar-refractivity contribution in [2.24, 2.45) is 0 Å². The van der Waals surface area contributed by atoms with Crippen LogP contribution in [0.3, 0.4) is 0 Å². The van der Waals surface area contributed by atoms with E-state index in [-0.39, 0.29) is 6.04 Å². The molecule has 1 aromatic rings. The number of hydrogen-bond acceptors (Lipinski definition) is 6. The van der Waals surface area contributed by atoms with Crippen molar-refractivity contribution in [2.75, 3.05) is 32.1 Å². The van der Waals surface area contributed by atoms with Crippen molar-refractivity contribution < 1.29 is 19.1 Å². The molecule has 1 atom stereocenters. The Balaban J connectivity index is 1.98. The molecule has 0 aliphatic carbocycles. The summed E-state index contributed by atoms with van der Waals surface area (Å²) in [6.45, 7) is 8.13. The lowest BCUT2D eigenvalue weighted by Gasteiger charge is -2.22. The van der Waals surface area contributed by atoms with Crippen molar-refractivity contribution in [3.05, 3.63) is 16.0 Å². The van der Waals surface area contributed by atoms with Gasteiger partial charge in [-0.25, -0.2) is 4.79 Å². The van der Waals surface area contributed by atoms with Gasteiger partial charge in [0.2, 0.25) is 0 Å². The standard InChI is InChI=1S/C17H25N3O4S/c1-5-20-8-6-7-12(20)9-18-14(21)15(22)19-16-13(17(23)24-4)10(2)11(3)25-16/h12H,5-9H2,1-4H3,(H,18,21)(H,19,22). The molecule has 25 heavy (non-hydrogen) atoms. The normalized spacial score (nSPS) is 17.4. The molecule has 1 saturated heterocycles. The fourth-order valence-corrected chi connectivity index (χ4v) is 4.10. The van der Waals surface area contributed by atoms with Gasteiger partial charge in [0, 0.05) is 17.5 Å². The van der Waals surface area contributed by atoms with E-state index < -0.39 is 17.8 Å². The van der Waals surface area contributed by atoms with E-state index in [0.717, 1.165) is 36.4 Å². The van der Waals surface area contributed by atoms with Gasteiger partial charge in [-0.2, -0.15) is 0 Å². The molecule has 138 valence electrons. The van der Waals surface area contributed by atoms with Crippen LogP contribution < -0.4 is 10.6 Å². The van der Waals surface area contributed by atoms with Crippen LogP contribution in [0.1, 0.15) is 40.6 Å². The van der Waals surface area contributed by atoms with Gasteiger partial charge < -0.3 is 15.4 Å². The first kappa shape index (κ1) is 19.4. The predicted molar refractivity (Wildman–Crippen MR) is 97.0 cm³/mol. The molecular formula is C17H25N3O4S. The lowest BCUT2D eigenvalue weighted by atomic mass is 10.1. The Morgan fingerprint density at radius 3 is 2.64 bits per heavy atom. The largest absolute Gasteiger partial charge is 0.465 e. The molecule has 1 aliphatic heterocycles. The molecule has 1 aliphatic rings. The number of likely N-dealkylation sites (tertiary alicyclic amines) is 1. The van der Waals surface area contributed by atoms with Crippen molar-refractivity contribution in [3.63, 3.8) is 0 Å². The zero-order chi connectivity index (χ0) is 18.6. The molecule has 1 fully saturated rings. The number of esters is 1. The van der Waals surface area contributed by atoms with Gasteiger partial charge in [0.15, 0.2) is 0 Å². The number of likely N-dealkylation sites (N-methyl/N-ethyl adjacent to an activating group) is 1. The Labute approximate surface area is 151 Å². The topological polar surface area (TPSA) is 87.7 Å². The van der Waals surface area contributed by atoms with E-state index in [0.29, 0.717) is 17.1 Å². The number of anilines is 1. The Morgan fingerprint density at radius 2 is 2.00 bits per heavy atom. The lowest BCUT2D eigenvalue weighted by Crippen LogP contribution is -2.43. The number of carbonyl (C=O) groups excluding carboxylic acids is 3. The Morgan fingerprint density at radius 1 is 1.28 bits per heavy atom. The highest BCUT2D eigenvalue weighted by atomic mass is 32.1. The number of nitrogens with zero attached hydrogens (tertiary/aromatic N) is 1. The van der Waals surface area contributed by atoms with Gasteiger partial charge in [0.05, 0.1) is 12.7 Å². The smallest absolute Gasteiger partial charge is 0.341 e. The summed E-state index contributed by atoms with van der Waals surface area (Å²) in [5.74, 6) is -1.99. The first-order valence-corrected chi connectivity index (χ1v) is 9.22. The summed E-state index contributed by atoms with van der Waals surface area (Å²) in [4.78, 5) is 39.4. The molecule has 1 aromatic heterocycles. The van der Waals surface area contributed by atoms with Crippen LogP contribution in [0.25, 0.3) is 0 Å². The minimum atomic E-state index is -0.771. The molecule has 0 aromatic carbocycles. The van der Waals surface area contributed by atoms with E-state index in [9.17, 15) is 14.4 Å². The quantitative estimate of drug-likeness (QED) is 0.611. The SMILES string of the molecule is CCN1CCCC1CNC(=O)C(=O)Nc1sc(C)c(C)c1C(=O)OC. The van der Waals surface area contributed by atoms with Crippen LogP contribution in [0.4, 0.5) is 5.00 Å². The van der Waals surface area contributed by atoms with Crippen molar-refractivity contribution in [1.82, 2.24) is 10.2 Å². The highest BCUT2D eigenvalue weighted by molar-refractivity contribution is 7.17. The van der Waals surface area contributed by atoms with E-state index in [1.807, 2.05) is 6.92 Å². The monoisotopic (exact) mass is 367 g/mol. The van der Waals surface area contributed by atoms with Crippen LogP contribution in [0.15, 0.2) is 0 Å². The number of ether oxygens (including phenoxy) is 1. The van der Waals surface area contributed by atoms with Gasteiger partial charge in [-0.15, -0.1) is 11.3 Å². The number of carbonyl (C=O) groups is 3. The lowest BCUT2D eigenvalue weighted by molar-refractivity contribution is -0.136. The van der Waals surface area contributed by atoms with Crippen LogP contribution in [0.5, 0.6) is 0 Å². The molecule has 0 spiro atoms. The van der Waals surface area contributed by atoms with Gasteiger partial charge in [0.1, 0.15) is 5.00 Å². The van der Waals surface area contributed by atoms with Gasteiger partial charge in [-0.05, 0) is 45.3 Å². The molecule has 0 bridgehead atoms. The van der Waals surface area contributed by atoms with Gasteiger partial charge >= 0.3 is 17.8 Å². The zero-order valence-corrected chi connectivity index (χ0v) is 15.9. The molecule has 1 unspecified atom stereocenters. The first-order chi connectivity index (χ1) is 11.9. The molecule has 0 radical (unpaired) electrons. The van der Waals surface area contributed by atoms with Gasteiger partial charge in [-0.3, -0.25) is 14.5 Å². The Hall–Kier alpha value is -1.93. The molecule has 8 heteroatoms. The average Bonchev–Trinajstić information content (AvgIpc) is 3.16. The summed E-state index contributed by atoms with van der Waals surface area (Å²) in [7, 11) is 1.29. The van der Waals surface area contributed by atoms with Crippen molar-refractivity contribution in [3.8, 4) is 0 Å². The van der Waals surface area contributed by atoms with Crippen molar-refractivity contribution in [2.45, 2.75) is 39.7 Å². The third kappa shape index (κ3) is 4.38. The van der Waals surface area contributed by atoms with Gasteiger partial charge in [-0.1, -0.05) is 6.92 Å². The summed E-state index contributed by atoms with van der Waals surface area (Å²) < 4.78 is 4.76. The Kier molecular flexibility index (Phi) is 6.55. The van der Waals surface area contributed by atoms with Crippen molar-refractivity contribution >= 4 is 34.1 Å². The molecule has 0 saturated carbocycles. The van der Waals surface area contributed by atoms with E-state index in [1.165, 1.54) is 18.4 Å². The maximum Gasteiger partial charge on any atom is 0.341 e. The minimum Gasteiger partial charge on any atom is -0.465 e. The van der Waals surface area contributed by atoms with Crippen molar-refractivity contribution in [1.29, 1.82) is 0 Å². The van der Waals surface area contributed by atoms with Crippen LogP contribution in [0, 0.1) is 13.8 Å². The highest BCUT2D eigenvalue weighted by Crippen LogP contribution is 2.32. The summed E-state index contributed by atoms with van der Waals surface area (Å²) in [5, 5.41) is 5.58. The van der Waals surface area contributed by atoms with Gasteiger partial charge in [0.25, 0.3) is 0 Å².